The lowest BCUT2D eigenvalue weighted by atomic mass is 9.92. The second-order valence-corrected chi connectivity index (χ2v) is 6.06. The number of hydrogen-bond donors (Lipinski definition) is 1. The Morgan fingerprint density at radius 3 is 2.39 bits per heavy atom. The first-order valence-corrected chi connectivity index (χ1v) is 7.47. The third-order valence-electron chi connectivity index (χ3n) is 4.53. The lowest BCUT2D eigenvalue weighted by Crippen LogP contribution is -2.24. The third-order valence-corrected chi connectivity index (χ3v) is 4.53. The van der Waals surface area contributed by atoms with Crippen LogP contribution >= 0.6 is 0 Å². The molecule has 0 radical (unpaired) electrons. The molecule has 1 heteroatoms. The number of rotatable bonds is 5. The predicted octanol–water partition coefficient (Wildman–Crippen LogP) is 4.14. The summed E-state index contributed by atoms with van der Waals surface area (Å²) in [6, 6.07) is 6.88. The summed E-state index contributed by atoms with van der Waals surface area (Å²) < 4.78 is 0. The summed E-state index contributed by atoms with van der Waals surface area (Å²) in [6.45, 7) is 4.40. The monoisotopic (exact) mass is 245 g/mol. The summed E-state index contributed by atoms with van der Waals surface area (Å²) in [5.74, 6) is 0.967. The van der Waals surface area contributed by atoms with Crippen LogP contribution in [-0.4, -0.2) is 6.04 Å². The largest absolute Gasteiger partial charge is 0.327 e. The van der Waals surface area contributed by atoms with Crippen LogP contribution in [0.3, 0.4) is 0 Å². The van der Waals surface area contributed by atoms with Crippen LogP contribution < -0.4 is 5.73 Å². The van der Waals surface area contributed by atoms with E-state index in [1.807, 2.05) is 0 Å². The average molecular weight is 245 g/mol. The van der Waals surface area contributed by atoms with Crippen molar-refractivity contribution >= 4 is 0 Å². The predicted molar refractivity (Wildman–Crippen MR) is 78.8 cm³/mol. The van der Waals surface area contributed by atoms with Gasteiger partial charge in [-0.2, -0.15) is 0 Å². The Morgan fingerprint density at radius 2 is 1.78 bits per heavy atom. The second-order valence-electron chi connectivity index (χ2n) is 6.06. The van der Waals surface area contributed by atoms with E-state index in [0.29, 0.717) is 6.04 Å². The van der Waals surface area contributed by atoms with Crippen LogP contribution in [0.4, 0.5) is 0 Å². The SMILES string of the molecule is Cc1cccc(C)c1CC(N)CCC1CCCC1. The first-order chi connectivity index (χ1) is 8.66. The van der Waals surface area contributed by atoms with Crippen molar-refractivity contribution in [2.24, 2.45) is 11.7 Å². The maximum Gasteiger partial charge on any atom is 0.00796 e. The molecule has 1 nitrogen and oxygen atoms in total. The van der Waals surface area contributed by atoms with Crippen molar-refractivity contribution in [2.45, 2.75) is 64.8 Å². The molecule has 0 amide bonds. The van der Waals surface area contributed by atoms with E-state index in [-0.39, 0.29) is 0 Å². The normalized spacial score (nSPS) is 18.2. The minimum absolute atomic E-state index is 0.338. The highest BCUT2D eigenvalue weighted by atomic mass is 14.6. The highest BCUT2D eigenvalue weighted by molar-refractivity contribution is 5.34. The highest BCUT2D eigenvalue weighted by Crippen LogP contribution is 2.29. The summed E-state index contributed by atoms with van der Waals surface area (Å²) in [5, 5.41) is 0. The third kappa shape index (κ3) is 3.58. The molecule has 1 fully saturated rings. The van der Waals surface area contributed by atoms with Crippen LogP contribution in [0.25, 0.3) is 0 Å². The lowest BCUT2D eigenvalue weighted by Gasteiger charge is -2.17. The number of nitrogens with two attached hydrogens (primary N) is 1. The summed E-state index contributed by atoms with van der Waals surface area (Å²) in [7, 11) is 0. The Bertz CT molecular complexity index is 357. The van der Waals surface area contributed by atoms with Gasteiger partial charge in [-0.25, -0.2) is 0 Å². The van der Waals surface area contributed by atoms with Gasteiger partial charge in [-0.05, 0) is 55.7 Å². The van der Waals surface area contributed by atoms with Crippen molar-refractivity contribution in [2.75, 3.05) is 0 Å². The molecule has 1 aromatic carbocycles. The fourth-order valence-electron chi connectivity index (χ4n) is 3.28. The van der Waals surface area contributed by atoms with Crippen LogP contribution in [0.2, 0.25) is 0 Å². The van der Waals surface area contributed by atoms with Crippen molar-refractivity contribution in [1.82, 2.24) is 0 Å². The first kappa shape index (κ1) is 13.6. The van der Waals surface area contributed by atoms with E-state index in [2.05, 4.69) is 32.0 Å². The van der Waals surface area contributed by atoms with Gasteiger partial charge in [0, 0.05) is 6.04 Å². The maximum absolute atomic E-state index is 6.32. The minimum atomic E-state index is 0.338. The van der Waals surface area contributed by atoms with Crippen LogP contribution in [0.15, 0.2) is 18.2 Å². The van der Waals surface area contributed by atoms with Crippen LogP contribution in [0.1, 0.15) is 55.2 Å². The van der Waals surface area contributed by atoms with Crippen LogP contribution in [0.5, 0.6) is 0 Å². The minimum Gasteiger partial charge on any atom is -0.327 e. The molecule has 1 saturated carbocycles. The van der Waals surface area contributed by atoms with Gasteiger partial charge >= 0.3 is 0 Å². The first-order valence-electron chi connectivity index (χ1n) is 7.47. The fourth-order valence-corrected chi connectivity index (χ4v) is 3.28. The molecule has 1 atom stereocenters. The second kappa shape index (κ2) is 6.38. The van der Waals surface area contributed by atoms with E-state index in [1.165, 1.54) is 55.2 Å². The molecule has 0 heterocycles. The number of benzene rings is 1. The van der Waals surface area contributed by atoms with Gasteiger partial charge in [0.15, 0.2) is 0 Å². The quantitative estimate of drug-likeness (QED) is 0.829. The van der Waals surface area contributed by atoms with Crippen LogP contribution in [-0.2, 0) is 6.42 Å². The lowest BCUT2D eigenvalue weighted by molar-refractivity contribution is 0.446. The van der Waals surface area contributed by atoms with Crippen LogP contribution in [0, 0.1) is 19.8 Å². The molecule has 1 unspecified atom stereocenters. The summed E-state index contributed by atoms with van der Waals surface area (Å²) >= 11 is 0. The van der Waals surface area contributed by atoms with Gasteiger partial charge in [-0.3, -0.25) is 0 Å². The molecule has 2 rings (SSSR count). The Morgan fingerprint density at radius 1 is 1.17 bits per heavy atom. The van der Waals surface area contributed by atoms with Crippen molar-refractivity contribution in [3.05, 3.63) is 34.9 Å². The molecule has 0 bridgehead atoms. The van der Waals surface area contributed by atoms with Crippen molar-refractivity contribution in [3.8, 4) is 0 Å². The zero-order chi connectivity index (χ0) is 13.0. The molecule has 18 heavy (non-hydrogen) atoms. The van der Waals surface area contributed by atoms with Gasteiger partial charge in [-0.1, -0.05) is 43.9 Å². The molecule has 0 aliphatic heterocycles. The van der Waals surface area contributed by atoms with E-state index in [4.69, 9.17) is 5.73 Å². The molecule has 100 valence electrons. The zero-order valence-corrected chi connectivity index (χ0v) is 11.9. The standard InChI is InChI=1S/C17H27N/c1-13-6-5-7-14(2)17(13)12-16(18)11-10-15-8-3-4-9-15/h5-7,15-16H,3-4,8-12,18H2,1-2H3. The molecule has 0 spiro atoms. The van der Waals surface area contributed by atoms with E-state index in [1.54, 1.807) is 0 Å². The zero-order valence-electron chi connectivity index (χ0n) is 11.9. The Kier molecular flexibility index (Phi) is 4.82. The Balaban J connectivity index is 1.84. The molecule has 0 saturated heterocycles. The van der Waals surface area contributed by atoms with Crippen molar-refractivity contribution in [3.63, 3.8) is 0 Å². The van der Waals surface area contributed by atoms with E-state index in [9.17, 15) is 0 Å². The van der Waals surface area contributed by atoms with E-state index < -0.39 is 0 Å². The summed E-state index contributed by atoms with van der Waals surface area (Å²) in [4.78, 5) is 0. The molecule has 2 N–H and O–H groups in total. The molecular formula is C17H27N. The fraction of sp³-hybridized carbons (Fsp3) is 0.647. The van der Waals surface area contributed by atoms with E-state index in [0.717, 1.165) is 12.3 Å². The smallest absolute Gasteiger partial charge is 0.00796 e. The number of aryl methyl sites for hydroxylation is 2. The molecule has 0 aromatic heterocycles. The highest BCUT2D eigenvalue weighted by Gasteiger charge is 2.16. The average Bonchev–Trinajstić information content (AvgIpc) is 2.84. The molecule has 1 aliphatic rings. The van der Waals surface area contributed by atoms with Gasteiger partial charge < -0.3 is 5.73 Å². The molecule has 1 aliphatic carbocycles. The van der Waals surface area contributed by atoms with E-state index >= 15 is 0 Å². The molecular weight excluding hydrogens is 218 g/mol. The van der Waals surface area contributed by atoms with Gasteiger partial charge in [0.2, 0.25) is 0 Å². The van der Waals surface area contributed by atoms with Gasteiger partial charge in [0.05, 0.1) is 0 Å². The molecule has 1 aromatic rings. The van der Waals surface area contributed by atoms with Crippen molar-refractivity contribution in [1.29, 1.82) is 0 Å². The van der Waals surface area contributed by atoms with Gasteiger partial charge in [-0.15, -0.1) is 0 Å². The topological polar surface area (TPSA) is 26.0 Å². The number of hydrogen-bond acceptors (Lipinski definition) is 1. The van der Waals surface area contributed by atoms with Crippen molar-refractivity contribution < 1.29 is 0 Å². The Labute approximate surface area is 112 Å². The summed E-state index contributed by atoms with van der Waals surface area (Å²) in [5.41, 5.74) is 10.6. The summed E-state index contributed by atoms with van der Waals surface area (Å²) in [6.07, 6.45) is 9.34. The van der Waals surface area contributed by atoms with Gasteiger partial charge in [0.25, 0.3) is 0 Å². The Hall–Kier alpha value is -0.820. The maximum atomic E-state index is 6.32. The van der Waals surface area contributed by atoms with Gasteiger partial charge in [0.1, 0.15) is 0 Å².